The molecule has 0 spiro atoms. The minimum atomic E-state index is -0.529. The number of nitro groups is 1. The molecule has 4 aromatic carbocycles. The van der Waals surface area contributed by atoms with Gasteiger partial charge in [-0.05, 0) is 47.5 Å². The monoisotopic (exact) mass is 827 g/mol. The lowest BCUT2D eigenvalue weighted by Crippen LogP contribution is -2.50. The van der Waals surface area contributed by atoms with E-state index in [2.05, 4.69) is 15.9 Å². The summed E-state index contributed by atoms with van der Waals surface area (Å²) in [4.78, 5) is 45.2. The third kappa shape index (κ3) is 9.79. The van der Waals surface area contributed by atoms with Crippen LogP contribution in [-0.2, 0) is 22.6 Å². The van der Waals surface area contributed by atoms with E-state index >= 15 is 0 Å². The molecule has 4 heterocycles. The Morgan fingerprint density at radius 3 is 1.62 bits per heavy atom. The largest absolute Gasteiger partial charge is 0.399 e. The van der Waals surface area contributed by atoms with Gasteiger partial charge in [-0.3, -0.25) is 29.5 Å². The van der Waals surface area contributed by atoms with E-state index in [0.29, 0.717) is 49.2 Å². The second-order valence-corrected chi connectivity index (χ2v) is 14.0. The summed E-state index contributed by atoms with van der Waals surface area (Å²) >= 11 is 12.5. The number of nitrogens with zero attached hydrogens (tertiary/aromatic N) is 5. The Morgan fingerprint density at radius 1 is 0.732 bits per heavy atom. The molecule has 4 aliphatic heterocycles. The summed E-state index contributed by atoms with van der Waals surface area (Å²) in [6.07, 6.45) is 0. The second kappa shape index (κ2) is 20.2. The average molecular weight is 829 g/mol. The maximum atomic E-state index is 13.3. The number of anilines is 3. The summed E-state index contributed by atoms with van der Waals surface area (Å²) in [6.45, 7) is 10.9. The Labute approximate surface area is 343 Å². The van der Waals surface area contributed by atoms with Crippen molar-refractivity contribution in [2.45, 2.75) is 39.0 Å². The molecule has 4 aliphatic rings. The first kappa shape index (κ1) is 44.4. The van der Waals surface area contributed by atoms with Crippen LogP contribution >= 0.6 is 35.6 Å². The van der Waals surface area contributed by atoms with Gasteiger partial charge in [0.2, 0.25) is 0 Å². The first-order valence-electron chi connectivity index (χ1n) is 18.1. The molecule has 5 N–H and O–H groups in total. The molecule has 300 valence electrons. The molecule has 2 amide bonds. The van der Waals surface area contributed by atoms with E-state index < -0.39 is 4.92 Å². The van der Waals surface area contributed by atoms with Crippen LogP contribution in [0.2, 0.25) is 10.0 Å². The quantitative estimate of drug-likeness (QED) is 0.120. The topological polar surface area (TPSA) is 170 Å². The molecule has 4 aromatic rings. The van der Waals surface area contributed by atoms with Gasteiger partial charge in [0.05, 0.1) is 64.6 Å². The van der Waals surface area contributed by atoms with E-state index in [1.54, 1.807) is 23.1 Å². The zero-order valence-electron chi connectivity index (χ0n) is 31.4. The van der Waals surface area contributed by atoms with Crippen LogP contribution in [0.15, 0.2) is 84.9 Å². The van der Waals surface area contributed by atoms with Crippen LogP contribution in [0.4, 0.5) is 22.7 Å². The third-order valence-corrected chi connectivity index (χ3v) is 10.5. The lowest BCUT2D eigenvalue weighted by atomic mass is 10.1. The molecule has 0 bridgehead atoms. The molecule has 8 rings (SSSR count). The van der Waals surface area contributed by atoms with Crippen molar-refractivity contribution < 1.29 is 24.0 Å². The van der Waals surface area contributed by atoms with Gasteiger partial charge in [-0.2, -0.15) is 0 Å². The van der Waals surface area contributed by atoms with Crippen molar-refractivity contribution >= 4 is 70.2 Å². The SMILES string of the molecule is CC.Cl.N.Nc1ccc(C(=O)N2C[C@H]3COCCN3Cc3ccccc32)c(Cl)c1.O=C(c1ccc([N+](=O)[O-])cc1Cl)N1C[C@H]2COCCN2Cc2ccccc21. The molecule has 0 unspecified atom stereocenters. The van der Waals surface area contributed by atoms with E-state index in [0.717, 1.165) is 55.3 Å². The minimum absolute atomic E-state index is 0. The predicted molar refractivity (Wildman–Crippen MR) is 224 cm³/mol. The number of benzene rings is 4. The van der Waals surface area contributed by atoms with Crippen LogP contribution in [0.1, 0.15) is 45.7 Å². The summed E-state index contributed by atoms with van der Waals surface area (Å²) in [7, 11) is 0. The van der Waals surface area contributed by atoms with Gasteiger partial charge in [0.15, 0.2) is 0 Å². The molecule has 2 fully saturated rings. The highest BCUT2D eigenvalue weighted by atomic mass is 35.5. The van der Waals surface area contributed by atoms with Gasteiger partial charge in [-0.15, -0.1) is 12.4 Å². The van der Waals surface area contributed by atoms with Gasteiger partial charge in [0.25, 0.3) is 17.5 Å². The number of fused-ring (bicyclic) bond motifs is 4. The number of nitrogen functional groups attached to an aromatic ring is 1. The number of hydrogen-bond donors (Lipinski definition) is 2. The van der Waals surface area contributed by atoms with Crippen molar-refractivity contribution in [3.63, 3.8) is 0 Å². The zero-order valence-corrected chi connectivity index (χ0v) is 33.8. The van der Waals surface area contributed by atoms with E-state index in [9.17, 15) is 19.7 Å². The Balaban J connectivity index is 0.000000231. The van der Waals surface area contributed by atoms with Crippen LogP contribution < -0.4 is 21.7 Å². The Morgan fingerprint density at radius 2 is 1.18 bits per heavy atom. The Hall–Kier alpha value is -4.31. The Kier molecular flexibility index (Phi) is 16.0. The lowest BCUT2D eigenvalue weighted by molar-refractivity contribution is -0.384. The van der Waals surface area contributed by atoms with Gasteiger partial charge in [-0.25, -0.2) is 0 Å². The number of amides is 2. The van der Waals surface area contributed by atoms with E-state index in [4.69, 9.17) is 38.4 Å². The first-order valence-corrected chi connectivity index (χ1v) is 18.9. The number of hydrogen-bond acceptors (Lipinski definition) is 10. The minimum Gasteiger partial charge on any atom is -0.399 e. The van der Waals surface area contributed by atoms with Crippen LogP contribution in [-0.4, -0.2) is 91.2 Å². The maximum Gasteiger partial charge on any atom is 0.270 e. The van der Waals surface area contributed by atoms with Crippen molar-refractivity contribution in [2.75, 3.05) is 68.1 Å². The van der Waals surface area contributed by atoms with Gasteiger partial charge in [-0.1, -0.05) is 73.4 Å². The van der Waals surface area contributed by atoms with Crippen molar-refractivity contribution in [1.29, 1.82) is 0 Å². The zero-order chi connectivity index (χ0) is 38.4. The molecule has 13 nitrogen and oxygen atoms in total. The van der Waals surface area contributed by atoms with Crippen molar-refractivity contribution in [3.8, 4) is 0 Å². The summed E-state index contributed by atoms with van der Waals surface area (Å²) < 4.78 is 11.3. The average Bonchev–Trinajstić information content (AvgIpc) is 3.46. The smallest absolute Gasteiger partial charge is 0.270 e. The number of morpholine rings is 2. The number of non-ortho nitro benzene ring substituents is 1. The molecule has 2 saturated heterocycles. The Bertz CT molecular complexity index is 2010. The number of nitrogens with two attached hydrogens (primary N) is 1. The van der Waals surface area contributed by atoms with Gasteiger partial charge in [0.1, 0.15) is 0 Å². The summed E-state index contributed by atoms with van der Waals surface area (Å²) in [6, 6.07) is 25.1. The number of halogens is 3. The summed E-state index contributed by atoms with van der Waals surface area (Å²) in [5.74, 6) is -0.375. The van der Waals surface area contributed by atoms with Gasteiger partial charge < -0.3 is 31.2 Å². The highest BCUT2D eigenvalue weighted by molar-refractivity contribution is 6.35. The van der Waals surface area contributed by atoms with Gasteiger partial charge >= 0.3 is 0 Å². The number of nitro benzene ring substituents is 1. The fraction of sp³-hybridized carbons (Fsp3) is 0.350. The molecular weight excluding hydrogens is 781 g/mol. The number of carbonyl (C=O) groups is 2. The number of ether oxygens (including phenoxy) is 2. The molecule has 2 atom stereocenters. The molecule has 16 heteroatoms. The molecule has 0 saturated carbocycles. The predicted octanol–water partition coefficient (Wildman–Crippen LogP) is 7.50. The van der Waals surface area contributed by atoms with E-state index in [1.165, 1.54) is 18.2 Å². The van der Waals surface area contributed by atoms with E-state index in [-0.39, 0.29) is 58.7 Å². The van der Waals surface area contributed by atoms with Crippen LogP contribution in [0, 0.1) is 10.1 Å². The van der Waals surface area contributed by atoms with Crippen LogP contribution in [0.3, 0.4) is 0 Å². The third-order valence-electron chi connectivity index (χ3n) is 9.91. The van der Waals surface area contributed by atoms with Crippen molar-refractivity contribution in [1.82, 2.24) is 16.0 Å². The first-order chi connectivity index (χ1) is 26.2. The standard InChI is InChI=1S/C19H18ClN3O4.C19H20ClN3O2.C2H6.ClH.H3N/c20-17-9-14(23(25)26)5-6-16(17)19(24)22-11-15-12-27-8-7-21(15)10-13-3-1-2-4-18(13)22;20-17-9-14(21)5-6-16(17)19(24)23-11-15-12-25-8-7-22(15)10-13-3-1-2-4-18(13)23;1-2;;/h1-6,9,15H,7-8,10-12H2;1-6,9,15H,7-8,10-12,21H2;1-2H3;1H;1H3/t2*15-;;;/m00.../s1. The van der Waals surface area contributed by atoms with Crippen LogP contribution in [0.5, 0.6) is 0 Å². The van der Waals surface area contributed by atoms with Crippen LogP contribution in [0.25, 0.3) is 0 Å². The highest BCUT2D eigenvalue weighted by Gasteiger charge is 2.35. The van der Waals surface area contributed by atoms with E-state index in [1.807, 2.05) is 61.2 Å². The number of rotatable bonds is 3. The molecular formula is C40H48Cl3N7O6. The van der Waals surface area contributed by atoms with Crippen molar-refractivity contribution in [3.05, 3.63) is 127 Å². The highest BCUT2D eigenvalue weighted by Crippen LogP contribution is 2.33. The van der Waals surface area contributed by atoms with Gasteiger partial charge in [0, 0.05) is 68.5 Å². The lowest BCUT2D eigenvalue weighted by Gasteiger charge is -2.35. The summed E-state index contributed by atoms with van der Waals surface area (Å²) in [5, 5.41) is 11.4. The molecule has 56 heavy (non-hydrogen) atoms. The fourth-order valence-corrected chi connectivity index (χ4v) is 7.70. The molecule has 0 aromatic heterocycles. The normalized spacial score (nSPS) is 18.8. The maximum absolute atomic E-state index is 13.3. The second-order valence-electron chi connectivity index (χ2n) is 13.1. The number of carbonyl (C=O) groups excluding carboxylic acids is 2. The molecule has 0 aliphatic carbocycles. The number of para-hydroxylation sites is 2. The van der Waals surface area contributed by atoms with Crippen molar-refractivity contribution in [2.24, 2.45) is 0 Å². The summed E-state index contributed by atoms with van der Waals surface area (Å²) in [5.41, 5.74) is 10.9. The molecule has 0 radical (unpaired) electrons. The fourth-order valence-electron chi connectivity index (χ4n) is 7.17.